The van der Waals surface area contributed by atoms with Gasteiger partial charge in [-0.05, 0) is 51.8 Å². The normalized spacial score (nSPS) is 19.8. The third kappa shape index (κ3) is 4.28. The van der Waals surface area contributed by atoms with Gasteiger partial charge in [-0.25, -0.2) is 0 Å². The Kier molecular flexibility index (Phi) is 5.53. The zero-order valence-corrected chi connectivity index (χ0v) is 15.3. The van der Waals surface area contributed by atoms with Crippen LogP contribution in [0.1, 0.15) is 55.6 Å². The second kappa shape index (κ2) is 7.83. The van der Waals surface area contributed by atoms with Crippen LogP contribution in [0.4, 0.5) is 0 Å². The van der Waals surface area contributed by atoms with Crippen molar-refractivity contribution in [2.75, 3.05) is 13.1 Å². The van der Waals surface area contributed by atoms with Crippen molar-refractivity contribution in [2.45, 2.75) is 51.6 Å². The summed E-state index contributed by atoms with van der Waals surface area (Å²) < 4.78 is 0. The Balaban J connectivity index is 1.83. The molecule has 5 nitrogen and oxygen atoms in total. The first kappa shape index (κ1) is 17.7. The van der Waals surface area contributed by atoms with E-state index in [4.69, 9.17) is 0 Å². The van der Waals surface area contributed by atoms with Gasteiger partial charge in [0.25, 0.3) is 0 Å². The second-order valence-corrected chi connectivity index (χ2v) is 7.29. The molecule has 1 fully saturated rings. The number of rotatable bonds is 5. The minimum absolute atomic E-state index is 0.0834. The van der Waals surface area contributed by atoms with E-state index in [0.29, 0.717) is 5.92 Å². The Hall–Kier alpha value is -2.14. The van der Waals surface area contributed by atoms with Gasteiger partial charge in [-0.1, -0.05) is 30.3 Å². The summed E-state index contributed by atoms with van der Waals surface area (Å²) in [5, 5.41) is 10.6. The fraction of sp³-hybridized carbons (Fsp3) is 0.500. The molecule has 1 aromatic carbocycles. The first-order chi connectivity index (χ1) is 12.0. The molecule has 0 saturated carbocycles. The molecule has 1 amide bonds. The summed E-state index contributed by atoms with van der Waals surface area (Å²) >= 11 is 0. The van der Waals surface area contributed by atoms with Gasteiger partial charge in [-0.3, -0.25) is 14.8 Å². The quantitative estimate of drug-likeness (QED) is 0.879. The monoisotopic (exact) mass is 340 g/mol. The molecule has 2 N–H and O–H groups in total. The van der Waals surface area contributed by atoms with E-state index in [2.05, 4.69) is 26.5 Å². The molecule has 0 aliphatic carbocycles. The van der Waals surface area contributed by atoms with E-state index in [0.717, 1.165) is 42.9 Å². The SMILES string of the molecule is Cc1cc([C@@H]2CCCN([C@@H](C(=O)NC(C)C)c3ccccc3)C2)n[nH]1. The summed E-state index contributed by atoms with van der Waals surface area (Å²) in [6.07, 6.45) is 2.20. The predicted molar refractivity (Wildman–Crippen MR) is 99.3 cm³/mol. The largest absolute Gasteiger partial charge is 0.352 e. The third-order valence-electron chi connectivity index (χ3n) is 4.76. The number of piperidine rings is 1. The van der Waals surface area contributed by atoms with Gasteiger partial charge in [0.2, 0.25) is 5.91 Å². The molecule has 5 heteroatoms. The number of aromatic nitrogens is 2. The molecular formula is C20H28N4O. The van der Waals surface area contributed by atoms with Gasteiger partial charge < -0.3 is 5.32 Å². The molecule has 2 atom stereocenters. The fourth-order valence-corrected chi connectivity index (χ4v) is 3.66. The van der Waals surface area contributed by atoms with Crippen LogP contribution in [-0.4, -0.2) is 40.1 Å². The molecule has 2 aromatic rings. The molecular weight excluding hydrogens is 312 g/mol. The summed E-state index contributed by atoms with van der Waals surface area (Å²) in [5.74, 6) is 0.455. The number of hydrogen-bond acceptors (Lipinski definition) is 3. The van der Waals surface area contributed by atoms with Crippen molar-refractivity contribution in [1.82, 2.24) is 20.4 Å². The van der Waals surface area contributed by atoms with Crippen LogP contribution < -0.4 is 5.32 Å². The highest BCUT2D eigenvalue weighted by atomic mass is 16.2. The number of carbonyl (C=O) groups is 1. The Morgan fingerprint density at radius 2 is 2.08 bits per heavy atom. The number of nitrogens with one attached hydrogen (secondary N) is 2. The van der Waals surface area contributed by atoms with Crippen LogP contribution in [-0.2, 0) is 4.79 Å². The van der Waals surface area contributed by atoms with Crippen molar-refractivity contribution < 1.29 is 4.79 Å². The van der Waals surface area contributed by atoms with Crippen LogP contribution in [0.3, 0.4) is 0 Å². The number of H-pyrrole nitrogens is 1. The summed E-state index contributed by atoms with van der Waals surface area (Å²) in [5.41, 5.74) is 3.25. The van der Waals surface area contributed by atoms with Crippen LogP contribution >= 0.6 is 0 Å². The number of amides is 1. The van der Waals surface area contributed by atoms with Crippen LogP contribution in [0.2, 0.25) is 0 Å². The molecule has 134 valence electrons. The van der Waals surface area contributed by atoms with E-state index in [9.17, 15) is 4.79 Å². The number of aromatic amines is 1. The first-order valence-corrected chi connectivity index (χ1v) is 9.16. The molecule has 0 unspecified atom stereocenters. The van der Waals surface area contributed by atoms with Crippen LogP contribution in [0.5, 0.6) is 0 Å². The van der Waals surface area contributed by atoms with Gasteiger partial charge in [0.1, 0.15) is 6.04 Å². The molecule has 3 rings (SSSR count). The molecule has 25 heavy (non-hydrogen) atoms. The average molecular weight is 340 g/mol. The molecule has 0 bridgehead atoms. The maximum Gasteiger partial charge on any atom is 0.242 e. The van der Waals surface area contributed by atoms with Gasteiger partial charge in [-0.2, -0.15) is 5.10 Å². The van der Waals surface area contributed by atoms with Crippen LogP contribution in [0, 0.1) is 6.92 Å². The maximum atomic E-state index is 12.9. The molecule has 0 spiro atoms. The van der Waals surface area contributed by atoms with Gasteiger partial charge in [-0.15, -0.1) is 0 Å². The highest BCUT2D eigenvalue weighted by Gasteiger charge is 2.33. The smallest absolute Gasteiger partial charge is 0.242 e. The Labute approximate surface area is 149 Å². The number of likely N-dealkylation sites (tertiary alicyclic amines) is 1. The lowest BCUT2D eigenvalue weighted by molar-refractivity contribution is -0.127. The molecule has 1 aliphatic rings. The lowest BCUT2D eigenvalue weighted by atomic mass is 9.92. The number of carbonyl (C=O) groups excluding carboxylic acids is 1. The standard InChI is InChI=1S/C20H28N4O/c1-14(2)21-20(25)19(16-8-5-4-6-9-16)24-11-7-10-17(13-24)18-12-15(3)22-23-18/h4-6,8-9,12,14,17,19H,7,10-11,13H2,1-3H3,(H,21,25)(H,22,23)/t17-,19-/m1/s1. The predicted octanol–water partition coefficient (Wildman–Crippen LogP) is 3.16. The van der Waals surface area contributed by atoms with Crippen molar-refractivity contribution in [3.05, 3.63) is 53.3 Å². The third-order valence-corrected chi connectivity index (χ3v) is 4.76. The molecule has 1 aliphatic heterocycles. The summed E-state index contributed by atoms with van der Waals surface area (Å²) in [4.78, 5) is 15.2. The zero-order valence-electron chi connectivity index (χ0n) is 15.3. The van der Waals surface area contributed by atoms with Crippen LogP contribution in [0.15, 0.2) is 36.4 Å². The van der Waals surface area contributed by atoms with Crippen molar-refractivity contribution in [3.63, 3.8) is 0 Å². The van der Waals surface area contributed by atoms with Crippen molar-refractivity contribution in [3.8, 4) is 0 Å². The minimum Gasteiger partial charge on any atom is -0.352 e. The van der Waals surface area contributed by atoms with E-state index in [1.54, 1.807) is 0 Å². The topological polar surface area (TPSA) is 61.0 Å². The van der Waals surface area contributed by atoms with E-state index in [-0.39, 0.29) is 18.0 Å². The van der Waals surface area contributed by atoms with Gasteiger partial charge in [0.15, 0.2) is 0 Å². The Morgan fingerprint density at radius 1 is 1.32 bits per heavy atom. The number of nitrogens with zero attached hydrogens (tertiary/aromatic N) is 2. The maximum absolute atomic E-state index is 12.9. The van der Waals surface area contributed by atoms with Crippen molar-refractivity contribution in [1.29, 1.82) is 0 Å². The van der Waals surface area contributed by atoms with E-state index >= 15 is 0 Å². The van der Waals surface area contributed by atoms with Gasteiger partial charge >= 0.3 is 0 Å². The number of aryl methyl sites for hydroxylation is 1. The highest BCUT2D eigenvalue weighted by molar-refractivity contribution is 5.83. The fourth-order valence-electron chi connectivity index (χ4n) is 3.66. The average Bonchev–Trinajstić information content (AvgIpc) is 3.02. The Morgan fingerprint density at radius 3 is 2.72 bits per heavy atom. The second-order valence-electron chi connectivity index (χ2n) is 7.29. The van der Waals surface area contributed by atoms with Gasteiger partial charge in [0.05, 0.1) is 5.69 Å². The van der Waals surface area contributed by atoms with Gasteiger partial charge in [0, 0.05) is 24.2 Å². The Bertz CT molecular complexity index is 695. The number of benzene rings is 1. The summed E-state index contributed by atoms with van der Waals surface area (Å²) in [6, 6.07) is 12.1. The molecule has 1 aromatic heterocycles. The van der Waals surface area contributed by atoms with E-state index in [1.807, 2.05) is 51.1 Å². The minimum atomic E-state index is -0.244. The lowest BCUT2D eigenvalue weighted by Crippen LogP contribution is -2.46. The lowest BCUT2D eigenvalue weighted by Gasteiger charge is -2.37. The summed E-state index contributed by atoms with van der Waals surface area (Å²) in [6.45, 7) is 7.83. The number of hydrogen-bond donors (Lipinski definition) is 2. The molecule has 0 radical (unpaired) electrons. The van der Waals surface area contributed by atoms with Crippen molar-refractivity contribution in [2.24, 2.45) is 0 Å². The highest BCUT2D eigenvalue weighted by Crippen LogP contribution is 2.31. The van der Waals surface area contributed by atoms with E-state index in [1.165, 1.54) is 0 Å². The molecule has 2 heterocycles. The van der Waals surface area contributed by atoms with Crippen LogP contribution in [0.25, 0.3) is 0 Å². The summed E-state index contributed by atoms with van der Waals surface area (Å²) in [7, 11) is 0. The van der Waals surface area contributed by atoms with Crippen molar-refractivity contribution >= 4 is 5.91 Å². The first-order valence-electron chi connectivity index (χ1n) is 9.16. The molecule has 1 saturated heterocycles. The zero-order chi connectivity index (χ0) is 17.8. The van der Waals surface area contributed by atoms with E-state index < -0.39 is 0 Å².